The van der Waals surface area contributed by atoms with Crippen molar-refractivity contribution in [3.05, 3.63) is 163 Å². The molecule has 1 aliphatic rings. The lowest BCUT2D eigenvalue weighted by molar-refractivity contribution is 0.592. The van der Waals surface area contributed by atoms with Crippen LogP contribution in [0.4, 0.5) is 17.1 Å². The fourth-order valence-corrected chi connectivity index (χ4v) is 9.48. The van der Waals surface area contributed by atoms with E-state index in [0.717, 1.165) is 60.8 Å². The van der Waals surface area contributed by atoms with Gasteiger partial charge in [-0.05, 0) is 61.4 Å². The second kappa shape index (κ2) is 11.6. The van der Waals surface area contributed by atoms with E-state index in [1.54, 1.807) is 0 Å². The molecule has 0 saturated heterocycles. The highest BCUT2D eigenvalue weighted by atomic mass is 31.2. The molecular formula is C41H31N4OP. The van der Waals surface area contributed by atoms with Gasteiger partial charge in [-0.1, -0.05) is 115 Å². The Bertz CT molecular complexity index is 2200. The number of fused-ring (bicyclic) bond motifs is 2. The van der Waals surface area contributed by atoms with Crippen LogP contribution in [0.3, 0.4) is 0 Å². The zero-order valence-corrected chi connectivity index (χ0v) is 27.0. The molecule has 0 bridgehead atoms. The average molecular weight is 627 g/mol. The van der Waals surface area contributed by atoms with Crippen molar-refractivity contribution in [2.75, 3.05) is 4.90 Å². The molecule has 5 nitrogen and oxygen atoms in total. The maximum absolute atomic E-state index is 15.3. The van der Waals surface area contributed by atoms with Gasteiger partial charge in [0.25, 0.3) is 0 Å². The summed E-state index contributed by atoms with van der Waals surface area (Å²) >= 11 is 0. The number of anilines is 3. The first-order chi connectivity index (χ1) is 23.0. The first-order valence-electron chi connectivity index (χ1n) is 15.7. The van der Waals surface area contributed by atoms with Gasteiger partial charge < -0.3 is 9.46 Å². The highest BCUT2D eigenvalue weighted by Crippen LogP contribution is 2.54. The normalized spacial score (nSPS) is 13.1. The average Bonchev–Trinajstić information content (AvgIpc) is 3.14. The highest BCUT2D eigenvalue weighted by Gasteiger charge is 2.41. The molecule has 0 saturated carbocycles. The summed E-state index contributed by atoms with van der Waals surface area (Å²) in [6.45, 7) is 4.22. The van der Waals surface area contributed by atoms with Crippen molar-refractivity contribution in [2.45, 2.75) is 13.8 Å². The van der Waals surface area contributed by atoms with Crippen LogP contribution in [-0.2, 0) is 4.57 Å². The smallest absolute Gasteiger partial charge is 0.175 e. The predicted molar refractivity (Wildman–Crippen MR) is 193 cm³/mol. The summed E-state index contributed by atoms with van der Waals surface area (Å²) in [5, 5.41) is 2.51. The number of hydrogen-bond acceptors (Lipinski definition) is 5. The lowest BCUT2D eigenvalue weighted by Gasteiger charge is -2.38. The second-order valence-corrected chi connectivity index (χ2v) is 14.4. The third kappa shape index (κ3) is 4.88. The topological polar surface area (TPSA) is 59.0 Å². The van der Waals surface area contributed by atoms with Gasteiger partial charge in [-0.3, -0.25) is 0 Å². The van der Waals surface area contributed by atoms with Gasteiger partial charge in [-0.15, -0.1) is 0 Å². The van der Waals surface area contributed by atoms with Gasteiger partial charge in [-0.25, -0.2) is 15.0 Å². The van der Waals surface area contributed by atoms with E-state index in [2.05, 4.69) is 43.0 Å². The molecule has 8 rings (SSSR count). The number of aryl methyl sites for hydroxylation is 2. The second-order valence-electron chi connectivity index (χ2n) is 11.7. The molecule has 0 aliphatic carbocycles. The summed E-state index contributed by atoms with van der Waals surface area (Å²) in [6, 6.07) is 50.5. The van der Waals surface area contributed by atoms with Crippen LogP contribution in [0.5, 0.6) is 0 Å². The molecule has 0 unspecified atom stereocenters. The van der Waals surface area contributed by atoms with Crippen molar-refractivity contribution in [3.8, 4) is 34.2 Å². The predicted octanol–water partition coefficient (Wildman–Crippen LogP) is 8.91. The number of para-hydroxylation sites is 2. The number of benzene rings is 6. The molecule has 226 valence electrons. The molecule has 6 heteroatoms. The van der Waals surface area contributed by atoms with Gasteiger partial charge in [0.1, 0.15) is 0 Å². The molecule has 0 radical (unpaired) electrons. The van der Waals surface area contributed by atoms with Crippen molar-refractivity contribution in [1.82, 2.24) is 15.0 Å². The Balaban J connectivity index is 1.30. The largest absolute Gasteiger partial charge is 0.309 e. The van der Waals surface area contributed by atoms with Gasteiger partial charge in [0, 0.05) is 38.3 Å². The summed E-state index contributed by atoms with van der Waals surface area (Å²) in [5.41, 5.74) is 7.75. The summed E-state index contributed by atoms with van der Waals surface area (Å²) in [6.07, 6.45) is 0. The van der Waals surface area contributed by atoms with E-state index in [0.29, 0.717) is 17.5 Å². The Labute approximate surface area is 274 Å². The van der Waals surface area contributed by atoms with Gasteiger partial charge in [0.15, 0.2) is 24.6 Å². The van der Waals surface area contributed by atoms with E-state index in [1.807, 2.05) is 127 Å². The molecule has 0 amide bonds. The first kappa shape index (κ1) is 28.8. The lowest BCUT2D eigenvalue weighted by Crippen LogP contribution is -2.36. The maximum Gasteiger partial charge on any atom is 0.175 e. The highest BCUT2D eigenvalue weighted by molar-refractivity contribution is 7.86. The zero-order chi connectivity index (χ0) is 32.0. The fraction of sp³-hybridized carbons (Fsp3) is 0.0488. The summed E-state index contributed by atoms with van der Waals surface area (Å²) < 4.78 is 15.3. The fourth-order valence-electron chi connectivity index (χ4n) is 6.49. The van der Waals surface area contributed by atoms with Crippen molar-refractivity contribution in [1.29, 1.82) is 0 Å². The molecule has 0 fully saturated rings. The molecule has 7 aromatic rings. The van der Waals surface area contributed by atoms with Crippen molar-refractivity contribution >= 4 is 40.1 Å². The minimum Gasteiger partial charge on any atom is -0.309 e. The van der Waals surface area contributed by atoms with Gasteiger partial charge in [0.05, 0.1) is 11.4 Å². The van der Waals surface area contributed by atoms with Gasteiger partial charge in [-0.2, -0.15) is 0 Å². The van der Waals surface area contributed by atoms with Crippen molar-refractivity contribution in [3.63, 3.8) is 0 Å². The van der Waals surface area contributed by atoms with E-state index in [1.165, 1.54) is 0 Å². The van der Waals surface area contributed by atoms with Crippen LogP contribution >= 0.6 is 7.14 Å². The summed E-state index contributed by atoms with van der Waals surface area (Å²) in [7, 11) is -3.13. The molecule has 6 aromatic carbocycles. The van der Waals surface area contributed by atoms with Crippen LogP contribution in [0, 0.1) is 13.8 Å². The quantitative estimate of drug-likeness (QED) is 0.179. The van der Waals surface area contributed by atoms with Crippen LogP contribution in [0.15, 0.2) is 152 Å². The van der Waals surface area contributed by atoms with Crippen LogP contribution in [0.25, 0.3) is 34.2 Å². The summed E-state index contributed by atoms with van der Waals surface area (Å²) in [5.74, 6) is 1.88. The molecule has 47 heavy (non-hydrogen) atoms. The Hall–Kier alpha value is -5.64. The molecule has 0 atom stereocenters. The van der Waals surface area contributed by atoms with E-state index in [-0.39, 0.29) is 0 Å². The molecule has 1 aromatic heterocycles. The monoisotopic (exact) mass is 626 g/mol. The third-order valence-electron chi connectivity index (χ3n) is 8.77. The molecule has 2 heterocycles. The molecule has 0 spiro atoms. The van der Waals surface area contributed by atoms with Crippen LogP contribution in [0.2, 0.25) is 0 Å². The molecular weight excluding hydrogens is 595 g/mol. The number of aromatic nitrogens is 3. The van der Waals surface area contributed by atoms with E-state index < -0.39 is 7.14 Å². The van der Waals surface area contributed by atoms with E-state index in [4.69, 9.17) is 15.0 Å². The maximum atomic E-state index is 15.3. The molecule has 0 N–H and O–H groups in total. The zero-order valence-electron chi connectivity index (χ0n) is 26.1. The number of rotatable bonds is 5. The van der Waals surface area contributed by atoms with Crippen molar-refractivity contribution in [2.24, 2.45) is 0 Å². The van der Waals surface area contributed by atoms with Crippen LogP contribution in [-0.4, -0.2) is 15.0 Å². The SMILES string of the molecule is Cc1cc(N2c3ccccc3P(=O)(c3ccccc3)c3ccccc32)c(C)cc1-c1nc(-c2ccccc2)nc(-c2ccccc2)n1. The lowest BCUT2D eigenvalue weighted by atomic mass is 10.0. The Kier molecular flexibility index (Phi) is 7.12. The summed E-state index contributed by atoms with van der Waals surface area (Å²) in [4.78, 5) is 17.1. The Morgan fingerprint density at radius 2 is 0.915 bits per heavy atom. The first-order valence-corrected chi connectivity index (χ1v) is 17.4. The minimum absolute atomic E-state index is 0.623. The van der Waals surface area contributed by atoms with Gasteiger partial charge >= 0.3 is 0 Å². The van der Waals surface area contributed by atoms with Gasteiger partial charge in [0.2, 0.25) is 0 Å². The third-order valence-corrected chi connectivity index (χ3v) is 11.9. The van der Waals surface area contributed by atoms with Crippen LogP contribution < -0.4 is 20.8 Å². The minimum atomic E-state index is -3.13. The standard InChI is InChI=1S/C41H31N4OP/c1-28-27-36(45-34-22-12-14-24-37(34)47(46,32-20-10-5-11-21-32)38-25-15-13-23-35(38)45)29(2)26-33(28)41-43-39(30-16-6-3-7-17-30)42-40(44-41)31-18-8-4-9-19-31/h3-27H,1-2H3. The number of nitrogens with zero attached hydrogens (tertiary/aromatic N) is 4. The van der Waals surface area contributed by atoms with Crippen molar-refractivity contribution < 1.29 is 4.57 Å². The van der Waals surface area contributed by atoms with E-state index in [9.17, 15) is 0 Å². The van der Waals surface area contributed by atoms with E-state index >= 15 is 4.57 Å². The van der Waals surface area contributed by atoms with Crippen LogP contribution in [0.1, 0.15) is 11.1 Å². The number of hydrogen-bond donors (Lipinski definition) is 0. The molecule has 1 aliphatic heterocycles. The Morgan fingerprint density at radius 1 is 0.468 bits per heavy atom. The Morgan fingerprint density at radius 3 is 1.45 bits per heavy atom.